The summed E-state index contributed by atoms with van der Waals surface area (Å²) >= 11 is 0. The number of methoxy groups -OCH3 is 1. The number of aryl methyl sites for hydroxylation is 1. The van der Waals surface area contributed by atoms with Gasteiger partial charge in [-0.3, -0.25) is 4.79 Å². The van der Waals surface area contributed by atoms with Crippen molar-refractivity contribution in [3.8, 4) is 22.6 Å². The van der Waals surface area contributed by atoms with E-state index in [4.69, 9.17) is 13.9 Å². The lowest BCUT2D eigenvalue weighted by molar-refractivity contribution is -0.118. The summed E-state index contributed by atoms with van der Waals surface area (Å²) in [6.45, 7) is 1.70. The minimum Gasteiger partial charge on any atom is -0.497 e. The predicted octanol–water partition coefficient (Wildman–Crippen LogP) is 4.19. The Balaban J connectivity index is 1.47. The average molecular weight is 416 g/mol. The maximum Gasteiger partial charge on any atom is 0.344 e. The van der Waals surface area contributed by atoms with Gasteiger partial charge in [0.05, 0.1) is 12.7 Å². The highest BCUT2D eigenvalue weighted by Gasteiger charge is 2.10. The first-order valence-electron chi connectivity index (χ1n) is 9.60. The van der Waals surface area contributed by atoms with E-state index < -0.39 is 5.63 Å². The van der Waals surface area contributed by atoms with Gasteiger partial charge in [0.25, 0.3) is 5.91 Å². The number of nitrogens with zero attached hydrogens (tertiary/aromatic N) is 1. The van der Waals surface area contributed by atoms with Crippen molar-refractivity contribution in [1.29, 1.82) is 0 Å². The summed E-state index contributed by atoms with van der Waals surface area (Å²) < 4.78 is 16.2. The van der Waals surface area contributed by atoms with Crippen molar-refractivity contribution in [3.63, 3.8) is 0 Å². The first-order valence-corrected chi connectivity index (χ1v) is 9.60. The number of carbonyl (C=O) groups is 1. The van der Waals surface area contributed by atoms with Crippen LogP contribution in [0.2, 0.25) is 0 Å². The van der Waals surface area contributed by atoms with E-state index in [-0.39, 0.29) is 12.5 Å². The number of carbonyl (C=O) groups excluding carboxylic acids is 1. The number of ether oxygens (including phenoxy) is 2. The lowest BCUT2D eigenvalue weighted by Crippen LogP contribution is -2.21. The van der Waals surface area contributed by atoms with E-state index in [0.29, 0.717) is 34.0 Å². The molecule has 1 amide bonds. The number of pyridine rings is 1. The van der Waals surface area contributed by atoms with Crippen LogP contribution < -0.4 is 20.4 Å². The second kappa shape index (κ2) is 8.71. The molecule has 0 bridgehead atoms. The van der Waals surface area contributed by atoms with E-state index in [9.17, 15) is 9.59 Å². The molecule has 31 heavy (non-hydrogen) atoms. The van der Waals surface area contributed by atoms with Gasteiger partial charge >= 0.3 is 5.63 Å². The Kier molecular flexibility index (Phi) is 5.66. The predicted molar refractivity (Wildman–Crippen MR) is 118 cm³/mol. The van der Waals surface area contributed by atoms with Gasteiger partial charge in [0.1, 0.15) is 22.9 Å². The van der Waals surface area contributed by atoms with Crippen molar-refractivity contribution < 1.29 is 18.7 Å². The van der Waals surface area contributed by atoms with Crippen LogP contribution in [0.1, 0.15) is 5.56 Å². The van der Waals surface area contributed by atoms with Crippen LogP contribution in [0, 0.1) is 6.92 Å². The minimum atomic E-state index is -0.434. The number of anilines is 1. The molecule has 1 N–H and O–H groups in total. The van der Waals surface area contributed by atoms with Gasteiger partial charge in [-0.1, -0.05) is 18.2 Å². The molecule has 2 aromatic heterocycles. The highest BCUT2D eigenvalue weighted by molar-refractivity contribution is 5.91. The lowest BCUT2D eigenvalue weighted by Gasteiger charge is -2.09. The Morgan fingerprint density at radius 1 is 1.06 bits per heavy atom. The molecular weight excluding hydrogens is 396 g/mol. The monoisotopic (exact) mass is 416 g/mol. The van der Waals surface area contributed by atoms with E-state index in [1.165, 1.54) is 0 Å². The molecule has 0 aliphatic carbocycles. The van der Waals surface area contributed by atoms with Crippen LogP contribution in [0.4, 0.5) is 5.82 Å². The molecular formula is C24H20N2O5. The molecule has 4 aromatic rings. The number of benzene rings is 2. The fourth-order valence-electron chi connectivity index (χ4n) is 3.09. The molecule has 2 heterocycles. The minimum absolute atomic E-state index is 0.159. The second-order valence-electron chi connectivity index (χ2n) is 6.88. The standard InChI is InChI=1S/C24H20N2O5/c1-15-4-3-11-25-23(15)26-22(27)14-30-18-7-5-16(6-8-18)20-13-17-12-19(29-2)9-10-21(17)31-24(20)28/h3-13H,14H2,1-2H3,(H,25,26,27). The van der Waals surface area contributed by atoms with E-state index in [1.54, 1.807) is 67.9 Å². The van der Waals surface area contributed by atoms with Gasteiger partial charge in [-0.05, 0) is 60.5 Å². The fourth-order valence-corrected chi connectivity index (χ4v) is 3.09. The summed E-state index contributed by atoms with van der Waals surface area (Å²) in [4.78, 5) is 28.6. The molecule has 0 saturated heterocycles. The molecule has 0 atom stereocenters. The summed E-state index contributed by atoms with van der Waals surface area (Å²) in [5, 5.41) is 3.47. The number of fused-ring (bicyclic) bond motifs is 1. The van der Waals surface area contributed by atoms with Crippen molar-refractivity contribution >= 4 is 22.7 Å². The highest BCUT2D eigenvalue weighted by atomic mass is 16.5. The van der Waals surface area contributed by atoms with Crippen LogP contribution in [0.5, 0.6) is 11.5 Å². The second-order valence-corrected chi connectivity index (χ2v) is 6.88. The van der Waals surface area contributed by atoms with E-state index in [1.807, 2.05) is 13.0 Å². The van der Waals surface area contributed by atoms with Crippen molar-refractivity contribution in [3.05, 3.63) is 82.8 Å². The normalized spacial score (nSPS) is 10.6. The first-order chi connectivity index (χ1) is 15.0. The molecule has 4 rings (SSSR count). The van der Waals surface area contributed by atoms with Gasteiger partial charge in [0.2, 0.25) is 0 Å². The van der Waals surface area contributed by atoms with Crippen LogP contribution in [-0.2, 0) is 4.79 Å². The van der Waals surface area contributed by atoms with Crippen LogP contribution in [0.25, 0.3) is 22.1 Å². The molecule has 0 unspecified atom stereocenters. The van der Waals surface area contributed by atoms with Crippen molar-refractivity contribution in [2.45, 2.75) is 6.92 Å². The Bertz CT molecular complexity index is 1300. The quantitative estimate of drug-likeness (QED) is 0.474. The maximum atomic E-state index is 12.4. The number of amides is 1. The zero-order valence-corrected chi connectivity index (χ0v) is 17.0. The zero-order valence-electron chi connectivity index (χ0n) is 17.0. The smallest absolute Gasteiger partial charge is 0.344 e. The Morgan fingerprint density at radius 2 is 1.84 bits per heavy atom. The van der Waals surface area contributed by atoms with E-state index >= 15 is 0 Å². The van der Waals surface area contributed by atoms with Crippen LogP contribution >= 0.6 is 0 Å². The van der Waals surface area contributed by atoms with Crippen LogP contribution in [0.15, 0.2) is 76.1 Å². The largest absolute Gasteiger partial charge is 0.497 e. The van der Waals surface area contributed by atoms with Gasteiger partial charge in [0.15, 0.2) is 6.61 Å². The number of hydrogen-bond acceptors (Lipinski definition) is 6. The zero-order chi connectivity index (χ0) is 21.8. The molecule has 2 aromatic carbocycles. The van der Waals surface area contributed by atoms with E-state index in [2.05, 4.69) is 10.3 Å². The summed E-state index contributed by atoms with van der Waals surface area (Å²) in [5.74, 6) is 1.37. The molecule has 0 fully saturated rings. The Morgan fingerprint density at radius 3 is 2.58 bits per heavy atom. The fraction of sp³-hybridized carbons (Fsp3) is 0.125. The van der Waals surface area contributed by atoms with E-state index in [0.717, 1.165) is 10.9 Å². The van der Waals surface area contributed by atoms with Crippen LogP contribution in [0.3, 0.4) is 0 Å². The average Bonchev–Trinajstić information content (AvgIpc) is 2.79. The highest BCUT2D eigenvalue weighted by Crippen LogP contribution is 2.25. The van der Waals surface area contributed by atoms with Gasteiger partial charge in [0, 0.05) is 11.6 Å². The molecule has 0 aliphatic heterocycles. The van der Waals surface area contributed by atoms with Crippen molar-refractivity contribution in [2.75, 3.05) is 19.0 Å². The number of aromatic nitrogens is 1. The molecule has 0 radical (unpaired) electrons. The van der Waals surface area contributed by atoms with Crippen molar-refractivity contribution in [1.82, 2.24) is 4.98 Å². The molecule has 0 saturated carbocycles. The summed E-state index contributed by atoms with van der Waals surface area (Å²) in [6, 6.07) is 17.6. The third-order valence-corrected chi connectivity index (χ3v) is 4.74. The van der Waals surface area contributed by atoms with Gasteiger partial charge in [-0.25, -0.2) is 9.78 Å². The summed E-state index contributed by atoms with van der Waals surface area (Å²) in [5.41, 5.74) is 2.03. The first kappa shape index (κ1) is 20.2. The number of rotatable bonds is 6. The Hall–Kier alpha value is -4.13. The maximum absolute atomic E-state index is 12.4. The molecule has 156 valence electrons. The third kappa shape index (κ3) is 4.56. The van der Waals surface area contributed by atoms with Crippen molar-refractivity contribution in [2.24, 2.45) is 0 Å². The number of hydrogen-bond donors (Lipinski definition) is 1. The summed E-state index contributed by atoms with van der Waals surface area (Å²) in [7, 11) is 1.58. The lowest BCUT2D eigenvalue weighted by atomic mass is 10.1. The molecule has 0 spiro atoms. The number of nitrogens with one attached hydrogen (secondary N) is 1. The molecule has 7 heteroatoms. The molecule has 7 nitrogen and oxygen atoms in total. The summed E-state index contributed by atoms with van der Waals surface area (Å²) in [6.07, 6.45) is 1.61. The van der Waals surface area contributed by atoms with Gasteiger partial charge < -0.3 is 19.2 Å². The van der Waals surface area contributed by atoms with Gasteiger partial charge in [-0.2, -0.15) is 0 Å². The molecule has 0 aliphatic rings. The topological polar surface area (TPSA) is 90.7 Å². The van der Waals surface area contributed by atoms with Gasteiger partial charge in [-0.15, -0.1) is 0 Å². The van der Waals surface area contributed by atoms with Crippen LogP contribution in [-0.4, -0.2) is 24.6 Å². The third-order valence-electron chi connectivity index (χ3n) is 4.74. The Labute approximate surface area is 178 Å². The SMILES string of the molecule is COc1ccc2oc(=O)c(-c3ccc(OCC(=O)Nc4ncccc4C)cc3)cc2c1.